The first-order chi connectivity index (χ1) is 13.2. The summed E-state index contributed by atoms with van der Waals surface area (Å²) >= 11 is 0. The van der Waals surface area contributed by atoms with Crippen molar-refractivity contribution in [2.45, 2.75) is 45.8 Å². The van der Waals surface area contributed by atoms with Gasteiger partial charge in [0.05, 0.1) is 12.3 Å². The van der Waals surface area contributed by atoms with E-state index in [1.165, 1.54) is 18.4 Å². The van der Waals surface area contributed by atoms with Gasteiger partial charge in [-0.3, -0.25) is 0 Å². The van der Waals surface area contributed by atoms with E-state index in [1.54, 1.807) is 0 Å². The highest BCUT2D eigenvalue weighted by Crippen LogP contribution is 2.41. The number of fused-ring (bicyclic) bond motifs is 1. The molecule has 0 spiro atoms. The number of anilines is 3. The molecule has 27 heavy (non-hydrogen) atoms. The molecule has 0 radical (unpaired) electrons. The second kappa shape index (κ2) is 7.72. The monoisotopic (exact) mass is 367 g/mol. The number of rotatable bonds is 6. The molecule has 6 heteroatoms. The van der Waals surface area contributed by atoms with E-state index in [1.807, 2.05) is 25.4 Å². The van der Waals surface area contributed by atoms with Crippen molar-refractivity contribution in [3.05, 3.63) is 41.7 Å². The zero-order valence-electron chi connectivity index (χ0n) is 16.5. The molecule has 1 fully saturated rings. The Bertz CT molecular complexity index is 779. The molecule has 2 aromatic rings. The standard InChI is InChI=1S/C21H29N5O/c1-4-27-13-12-26-20(24-19-15(2)9-10-22-21(19)26)17-7-8-18(23-14-17)25-11-5-6-16(25)3/h7-10,14,16,20,24H,4-6,11-13H2,1-3H3. The minimum absolute atomic E-state index is 0.0339. The number of nitrogens with one attached hydrogen (secondary N) is 1. The van der Waals surface area contributed by atoms with E-state index in [0.29, 0.717) is 12.6 Å². The maximum absolute atomic E-state index is 5.60. The van der Waals surface area contributed by atoms with E-state index in [2.05, 4.69) is 46.1 Å². The first-order valence-corrected chi connectivity index (χ1v) is 9.98. The Balaban J connectivity index is 1.58. The second-order valence-corrected chi connectivity index (χ2v) is 7.40. The Morgan fingerprint density at radius 1 is 1.26 bits per heavy atom. The van der Waals surface area contributed by atoms with Crippen molar-refractivity contribution in [3.63, 3.8) is 0 Å². The molecule has 2 atom stereocenters. The van der Waals surface area contributed by atoms with Crippen LogP contribution in [0.1, 0.15) is 44.0 Å². The van der Waals surface area contributed by atoms with Gasteiger partial charge < -0.3 is 19.9 Å². The van der Waals surface area contributed by atoms with E-state index < -0.39 is 0 Å². The van der Waals surface area contributed by atoms with Crippen LogP contribution in [0, 0.1) is 6.92 Å². The molecule has 0 amide bonds. The van der Waals surface area contributed by atoms with Gasteiger partial charge in [-0.05, 0) is 57.4 Å². The van der Waals surface area contributed by atoms with Crippen molar-refractivity contribution < 1.29 is 4.74 Å². The molecule has 6 nitrogen and oxygen atoms in total. The lowest BCUT2D eigenvalue weighted by Gasteiger charge is -2.27. The van der Waals surface area contributed by atoms with Crippen molar-refractivity contribution in [1.29, 1.82) is 0 Å². The topological polar surface area (TPSA) is 53.5 Å². The Labute approximate surface area is 161 Å². The predicted molar refractivity (Wildman–Crippen MR) is 109 cm³/mol. The fourth-order valence-electron chi connectivity index (χ4n) is 4.09. The Kier molecular flexibility index (Phi) is 5.16. The van der Waals surface area contributed by atoms with E-state index in [0.717, 1.165) is 42.6 Å². The molecular weight excluding hydrogens is 338 g/mol. The zero-order valence-corrected chi connectivity index (χ0v) is 16.5. The van der Waals surface area contributed by atoms with Crippen LogP contribution >= 0.6 is 0 Å². The number of hydrogen-bond acceptors (Lipinski definition) is 6. The average Bonchev–Trinajstić information content (AvgIpc) is 3.27. The first-order valence-electron chi connectivity index (χ1n) is 9.98. The van der Waals surface area contributed by atoms with E-state index in [4.69, 9.17) is 9.72 Å². The number of nitrogens with zero attached hydrogens (tertiary/aromatic N) is 4. The molecular formula is C21H29N5O. The third kappa shape index (κ3) is 3.46. The molecule has 1 saturated heterocycles. The molecule has 0 bridgehead atoms. The SMILES string of the molecule is CCOCCN1c2nccc(C)c2NC1c1ccc(N2CCCC2C)nc1. The van der Waals surface area contributed by atoms with E-state index in [-0.39, 0.29) is 6.17 Å². The molecule has 0 aromatic carbocycles. The fourth-order valence-corrected chi connectivity index (χ4v) is 4.09. The number of ether oxygens (including phenoxy) is 1. The van der Waals surface area contributed by atoms with Gasteiger partial charge in [-0.15, -0.1) is 0 Å². The molecule has 0 aliphatic carbocycles. The highest BCUT2D eigenvalue weighted by molar-refractivity contribution is 5.76. The molecule has 2 aliphatic heterocycles. The Hall–Kier alpha value is -2.34. The highest BCUT2D eigenvalue weighted by Gasteiger charge is 2.32. The molecule has 2 aliphatic rings. The lowest BCUT2D eigenvalue weighted by molar-refractivity contribution is 0.153. The predicted octanol–water partition coefficient (Wildman–Crippen LogP) is 3.74. The summed E-state index contributed by atoms with van der Waals surface area (Å²) in [5, 5.41) is 3.65. The van der Waals surface area contributed by atoms with Crippen molar-refractivity contribution >= 4 is 17.3 Å². The number of hydrogen-bond donors (Lipinski definition) is 1. The van der Waals surface area contributed by atoms with Crippen LogP contribution < -0.4 is 15.1 Å². The van der Waals surface area contributed by atoms with Crippen LogP contribution in [-0.4, -0.2) is 42.3 Å². The lowest BCUT2D eigenvalue weighted by Crippen LogP contribution is -2.32. The van der Waals surface area contributed by atoms with Crippen molar-refractivity contribution in [2.75, 3.05) is 41.4 Å². The average molecular weight is 367 g/mol. The van der Waals surface area contributed by atoms with Gasteiger partial charge in [-0.1, -0.05) is 0 Å². The summed E-state index contributed by atoms with van der Waals surface area (Å²) in [6.45, 7) is 9.72. The minimum atomic E-state index is 0.0339. The number of pyridine rings is 2. The minimum Gasteiger partial charge on any atom is -0.380 e. The summed E-state index contributed by atoms with van der Waals surface area (Å²) in [5.74, 6) is 2.08. The van der Waals surface area contributed by atoms with Crippen molar-refractivity contribution in [3.8, 4) is 0 Å². The van der Waals surface area contributed by atoms with Crippen LogP contribution in [-0.2, 0) is 4.74 Å². The first kappa shape index (κ1) is 18.0. The van der Waals surface area contributed by atoms with Gasteiger partial charge in [-0.2, -0.15) is 0 Å². The maximum Gasteiger partial charge on any atom is 0.154 e. The summed E-state index contributed by atoms with van der Waals surface area (Å²) in [6, 6.07) is 6.97. The van der Waals surface area contributed by atoms with Gasteiger partial charge >= 0.3 is 0 Å². The van der Waals surface area contributed by atoms with Crippen LogP contribution in [0.3, 0.4) is 0 Å². The van der Waals surface area contributed by atoms with Crippen LogP contribution in [0.5, 0.6) is 0 Å². The van der Waals surface area contributed by atoms with Crippen molar-refractivity contribution in [1.82, 2.24) is 9.97 Å². The number of aryl methyl sites for hydroxylation is 1. The summed E-state index contributed by atoms with van der Waals surface area (Å²) in [4.78, 5) is 14.1. The van der Waals surface area contributed by atoms with Crippen LogP contribution in [0.25, 0.3) is 0 Å². The zero-order chi connectivity index (χ0) is 18.8. The lowest BCUT2D eigenvalue weighted by atomic mass is 10.2. The Morgan fingerprint density at radius 2 is 2.15 bits per heavy atom. The molecule has 4 rings (SSSR count). The fraction of sp³-hybridized carbons (Fsp3) is 0.524. The van der Waals surface area contributed by atoms with Gasteiger partial charge in [-0.25, -0.2) is 9.97 Å². The van der Waals surface area contributed by atoms with Gasteiger partial charge in [0.15, 0.2) is 5.82 Å². The van der Waals surface area contributed by atoms with Gasteiger partial charge in [0.2, 0.25) is 0 Å². The third-order valence-corrected chi connectivity index (χ3v) is 5.62. The maximum atomic E-state index is 5.60. The molecule has 2 unspecified atom stereocenters. The van der Waals surface area contributed by atoms with Crippen LogP contribution in [0.4, 0.5) is 17.3 Å². The molecule has 1 N–H and O–H groups in total. The van der Waals surface area contributed by atoms with Crippen molar-refractivity contribution in [2.24, 2.45) is 0 Å². The highest BCUT2D eigenvalue weighted by atomic mass is 16.5. The summed E-state index contributed by atoms with van der Waals surface area (Å²) in [6.07, 6.45) is 6.42. The normalized spacial score (nSPS) is 21.4. The van der Waals surface area contributed by atoms with E-state index >= 15 is 0 Å². The second-order valence-electron chi connectivity index (χ2n) is 7.40. The van der Waals surface area contributed by atoms with Gasteiger partial charge in [0.25, 0.3) is 0 Å². The molecule has 4 heterocycles. The largest absolute Gasteiger partial charge is 0.380 e. The third-order valence-electron chi connectivity index (χ3n) is 5.62. The summed E-state index contributed by atoms with van der Waals surface area (Å²) < 4.78 is 5.60. The van der Waals surface area contributed by atoms with Crippen LogP contribution in [0.2, 0.25) is 0 Å². The summed E-state index contributed by atoms with van der Waals surface area (Å²) in [5.41, 5.74) is 3.47. The molecule has 144 valence electrons. The Morgan fingerprint density at radius 3 is 2.85 bits per heavy atom. The van der Waals surface area contributed by atoms with E-state index in [9.17, 15) is 0 Å². The molecule has 2 aromatic heterocycles. The molecule has 0 saturated carbocycles. The van der Waals surface area contributed by atoms with Crippen LogP contribution in [0.15, 0.2) is 30.6 Å². The smallest absolute Gasteiger partial charge is 0.154 e. The van der Waals surface area contributed by atoms with Gasteiger partial charge in [0, 0.05) is 43.7 Å². The summed E-state index contributed by atoms with van der Waals surface area (Å²) in [7, 11) is 0. The van der Waals surface area contributed by atoms with Gasteiger partial charge in [0.1, 0.15) is 12.0 Å². The number of aromatic nitrogens is 2. The quantitative estimate of drug-likeness (QED) is 0.785.